The normalized spacial score (nSPS) is 10.5. The van der Waals surface area contributed by atoms with Crippen LogP contribution in [0.1, 0.15) is 5.56 Å². The molecule has 1 N–H and O–H groups in total. The Morgan fingerprint density at radius 2 is 2.29 bits per heavy atom. The van der Waals surface area contributed by atoms with Crippen molar-refractivity contribution < 1.29 is 4.79 Å². The Bertz CT molecular complexity index is 750. The molecule has 0 saturated heterocycles. The summed E-state index contributed by atoms with van der Waals surface area (Å²) in [4.78, 5) is 13.1. The predicted octanol–water partition coefficient (Wildman–Crippen LogP) is 2.35. The van der Waals surface area contributed by atoms with E-state index in [0.717, 1.165) is 11.3 Å². The minimum Gasteiger partial charge on any atom is -0.324 e. The fourth-order valence-electron chi connectivity index (χ4n) is 2.01. The molecule has 0 aliphatic rings. The Morgan fingerprint density at radius 1 is 1.38 bits per heavy atom. The number of amides is 1. The number of nitrogens with one attached hydrogen (secondary N) is 1. The zero-order valence-electron chi connectivity index (χ0n) is 11.4. The molecule has 3 rings (SSSR count). The van der Waals surface area contributed by atoms with E-state index in [0.29, 0.717) is 0 Å². The van der Waals surface area contributed by atoms with Gasteiger partial charge in [-0.2, -0.15) is 0 Å². The van der Waals surface area contributed by atoms with E-state index >= 15 is 0 Å². The molecule has 0 fully saturated rings. The van der Waals surface area contributed by atoms with Crippen LogP contribution in [0.15, 0.2) is 42.0 Å². The van der Waals surface area contributed by atoms with Crippen molar-refractivity contribution in [3.63, 3.8) is 0 Å². The molecular formula is C14H13N5OS. The summed E-state index contributed by atoms with van der Waals surface area (Å²) < 4.78 is 1.38. The molecule has 0 bridgehead atoms. The van der Waals surface area contributed by atoms with Crippen molar-refractivity contribution >= 4 is 22.9 Å². The first-order chi connectivity index (χ1) is 10.2. The molecule has 0 saturated carbocycles. The van der Waals surface area contributed by atoms with Crippen molar-refractivity contribution in [2.24, 2.45) is 0 Å². The average molecular weight is 299 g/mol. The quantitative estimate of drug-likeness (QED) is 0.802. The second-order valence-corrected chi connectivity index (χ2v) is 5.49. The molecule has 3 aromatic rings. The van der Waals surface area contributed by atoms with Crippen LogP contribution in [0, 0.1) is 6.92 Å². The van der Waals surface area contributed by atoms with Gasteiger partial charge in [0, 0.05) is 10.6 Å². The predicted molar refractivity (Wildman–Crippen MR) is 80.9 cm³/mol. The number of aromatic nitrogens is 4. The summed E-state index contributed by atoms with van der Waals surface area (Å²) in [6.45, 7) is 2.17. The third-order valence-electron chi connectivity index (χ3n) is 2.97. The molecule has 0 aliphatic carbocycles. The van der Waals surface area contributed by atoms with Gasteiger partial charge in [0.2, 0.25) is 5.91 Å². The van der Waals surface area contributed by atoms with E-state index in [2.05, 4.69) is 39.2 Å². The van der Waals surface area contributed by atoms with Crippen molar-refractivity contribution in [2.75, 3.05) is 5.32 Å². The molecular weight excluding hydrogens is 286 g/mol. The number of thiophene rings is 1. The molecule has 0 unspecified atom stereocenters. The summed E-state index contributed by atoms with van der Waals surface area (Å²) in [5.41, 5.74) is 3.10. The number of aryl methyl sites for hydroxylation is 1. The molecule has 1 aromatic carbocycles. The van der Waals surface area contributed by atoms with Gasteiger partial charge in [-0.25, -0.2) is 4.68 Å². The van der Waals surface area contributed by atoms with E-state index in [1.807, 2.05) is 24.3 Å². The second-order valence-electron chi connectivity index (χ2n) is 4.57. The number of anilines is 1. The van der Waals surface area contributed by atoms with E-state index in [4.69, 9.17) is 0 Å². The number of tetrazole rings is 1. The van der Waals surface area contributed by atoms with Crippen molar-refractivity contribution in [1.29, 1.82) is 0 Å². The van der Waals surface area contributed by atoms with Crippen LogP contribution >= 0.6 is 11.3 Å². The van der Waals surface area contributed by atoms with E-state index < -0.39 is 0 Å². The standard InChI is InChI=1S/C14H13N5OS/c1-10-5-6-21-14(10)11-3-2-4-12(7-11)16-13(20)8-19-9-15-17-18-19/h2-7,9H,8H2,1H3,(H,16,20). The minimum absolute atomic E-state index is 0.0925. The highest BCUT2D eigenvalue weighted by molar-refractivity contribution is 7.13. The number of carbonyl (C=O) groups excluding carboxylic acids is 1. The molecule has 0 radical (unpaired) electrons. The third-order valence-corrected chi connectivity index (χ3v) is 4.03. The molecule has 0 spiro atoms. The van der Waals surface area contributed by atoms with Crippen LogP contribution in [0.25, 0.3) is 10.4 Å². The van der Waals surface area contributed by atoms with Crippen LogP contribution in [0.5, 0.6) is 0 Å². The van der Waals surface area contributed by atoms with Crippen molar-refractivity contribution in [1.82, 2.24) is 20.2 Å². The molecule has 21 heavy (non-hydrogen) atoms. The SMILES string of the molecule is Cc1ccsc1-c1cccc(NC(=O)Cn2cnnn2)c1. The minimum atomic E-state index is -0.164. The smallest absolute Gasteiger partial charge is 0.246 e. The monoisotopic (exact) mass is 299 g/mol. The van der Waals surface area contributed by atoms with Crippen LogP contribution in [0.2, 0.25) is 0 Å². The van der Waals surface area contributed by atoms with E-state index in [-0.39, 0.29) is 12.5 Å². The Labute approximate surface area is 125 Å². The highest BCUT2D eigenvalue weighted by Gasteiger charge is 2.07. The van der Waals surface area contributed by atoms with Crippen LogP contribution in [0.3, 0.4) is 0 Å². The number of hydrogen-bond acceptors (Lipinski definition) is 5. The molecule has 106 valence electrons. The lowest BCUT2D eigenvalue weighted by atomic mass is 10.1. The average Bonchev–Trinajstić information content (AvgIpc) is 3.10. The lowest BCUT2D eigenvalue weighted by Crippen LogP contribution is -2.19. The van der Waals surface area contributed by atoms with Crippen LogP contribution in [-0.2, 0) is 11.3 Å². The molecule has 0 atom stereocenters. The van der Waals surface area contributed by atoms with Gasteiger partial charge in [-0.1, -0.05) is 12.1 Å². The summed E-state index contributed by atoms with van der Waals surface area (Å²) in [6.07, 6.45) is 1.41. The van der Waals surface area contributed by atoms with Crippen molar-refractivity contribution in [2.45, 2.75) is 13.5 Å². The number of carbonyl (C=O) groups is 1. The largest absolute Gasteiger partial charge is 0.324 e. The number of hydrogen-bond donors (Lipinski definition) is 1. The molecule has 6 nitrogen and oxygen atoms in total. The highest BCUT2D eigenvalue weighted by Crippen LogP contribution is 2.30. The van der Waals surface area contributed by atoms with E-state index in [1.165, 1.54) is 21.4 Å². The van der Waals surface area contributed by atoms with Gasteiger partial charge < -0.3 is 5.32 Å². The number of rotatable bonds is 4. The number of nitrogens with zero attached hydrogens (tertiary/aromatic N) is 4. The van der Waals surface area contributed by atoms with Crippen molar-refractivity contribution in [3.8, 4) is 10.4 Å². The topological polar surface area (TPSA) is 72.7 Å². The first-order valence-corrected chi connectivity index (χ1v) is 7.25. The van der Waals surface area contributed by atoms with Gasteiger partial charge in [-0.15, -0.1) is 16.4 Å². The van der Waals surface area contributed by atoms with Crippen molar-refractivity contribution in [3.05, 3.63) is 47.6 Å². The van der Waals surface area contributed by atoms with Crippen LogP contribution in [-0.4, -0.2) is 26.1 Å². The Kier molecular flexibility index (Phi) is 3.74. The first kappa shape index (κ1) is 13.4. The first-order valence-electron chi connectivity index (χ1n) is 6.37. The Balaban J connectivity index is 1.74. The number of benzene rings is 1. The highest BCUT2D eigenvalue weighted by atomic mass is 32.1. The fraction of sp³-hybridized carbons (Fsp3) is 0.143. The maximum absolute atomic E-state index is 11.9. The Morgan fingerprint density at radius 3 is 3.00 bits per heavy atom. The molecule has 7 heteroatoms. The maximum atomic E-state index is 11.9. The van der Waals surface area contributed by atoms with Gasteiger partial charge >= 0.3 is 0 Å². The summed E-state index contributed by atoms with van der Waals surface area (Å²) in [5, 5.41) is 15.6. The zero-order valence-corrected chi connectivity index (χ0v) is 12.2. The fourth-order valence-corrected chi connectivity index (χ4v) is 2.93. The Hall–Kier alpha value is -2.54. The maximum Gasteiger partial charge on any atom is 0.246 e. The third kappa shape index (κ3) is 3.14. The van der Waals surface area contributed by atoms with Crippen LogP contribution in [0.4, 0.5) is 5.69 Å². The van der Waals surface area contributed by atoms with Gasteiger partial charge in [-0.3, -0.25) is 4.79 Å². The molecule has 1 amide bonds. The van der Waals surface area contributed by atoms with Crippen LogP contribution < -0.4 is 5.32 Å². The van der Waals surface area contributed by atoms with Gasteiger partial charge in [0.05, 0.1) is 0 Å². The van der Waals surface area contributed by atoms with E-state index in [1.54, 1.807) is 11.3 Å². The van der Waals surface area contributed by atoms with Gasteiger partial charge in [0.25, 0.3) is 0 Å². The van der Waals surface area contributed by atoms with Gasteiger partial charge in [-0.05, 0) is 52.1 Å². The molecule has 0 aliphatic heterocycles. The molecule has 2 aromatic heterocycles. The van der Waals surface area contributed by atoms with Gasteiger partial charge in [0.15, 0.2) is 0 Å². The summed E-state index contributed by atoms with van der Waals surface area (Å²) in [6, 6.07) is 9.89. The summed E-state index contributed by atoms with van der Waals surface area (Å²) >= 11 is 1.69. The summed E-state index contributed by atoms with van der Waals surface area (Å²) in [5.74, 6) is -0.164. The second kappa shape index (κ2) is 5.84. The lowest BCUT2D eigenvalue weighted by Gasteiger charge is -2.07. The van der Waals surface area contributed by atoms with Gasteiger partial charge in [0.1, 0.15) is 12.9 Å². The zero-order chi connectivity index (χ0) is 14.7. The lowest BCUT2D eigenvalue weighted by molar-refractivity contribution is -0.116. The molecule has 2 heterocycles. The van der Waals surface area contributed by atoms with E-state index in [9.17, 15) is 4.79 Å². The summed E-state index contributed by atoms with van der Waals surface area (Å²) in [7, 11) is 0.